The highest BCUT2D eigenvalue weighted by Gasteiger charge is 2.17. The van der Waals surface area contributed by atoms with Gasteiger partial charge in [-0.3, -0.25) is 0 Å². The summed E-state index contributed by atoms with van der Waals surface area (Å²) >= 11 is 0. The zero-order chi connectivity index (χ0) is 15.6. The van der Waals surface area contributed by atoms with Crippen LogP contribution in [0.1, 0.15) is 15.9 Å². The molecule has 0 saturated heterocycles. The molecule has 7 heteroatoms. The molecule has 0 amide bonds. The van der Waals surface area contributed by atoms with E-state index in [0.717, 1.165) is 18.2 Å². The number of hydrogen-bond acceptors (Lipinski definition) is 4. The third-order valence-electron chi connectivity index (χ3n) is 2.64. The van der Waals surface area contributed by atoms with Gasteiger partial charge in [0.05, 0.1) is 11.3 Å². The highest BCUT2D eigenvalue weighted by atomic mass is 19.1. The molecule has 0 aliphatic heterocycles. The highest BCUT2D eigenvalue weighted by Crippen LogP contribution is 2.32. The molecule has 0 aliphatic rings. The van der Waals surface area contributed by atoms with Gasteiger partial charge < -0.3 is 15.6 Å². The second-order valence-electron chi connectivity index (χ2n) is 4.00. The second-order valence-corrected chi connectivity index (χ2v) is 4.00. The van der Waals surface area contributed by atoms with Crippen LogP contribution in [-0.4, -0.2) is 11.1 Å². The highest BCUT2D eigenvalue weighted by molar-refractivity contribution is 5.89. The van der Waals surface area contributed by atoms with E-state index < -0.39 is 23.2 Å². The molecule has 2 rings (SSSR count). The van der Waals surface area contributed by atoms with E-state index in [2.05, 4.69) is 0 Å². The Hall–Kier alpha value is -3.14. The summed E-state index contributed by atoms with van der Waals surface area (Å²) in [7, 11) is 0. The van der Waals surface area contributed by atoms with E-state index in [1.165, 1.54) is 12.1 Å². The number of nitriles is 1. The topological polar surface area (TPSA) is 96.3 Å². The van der Waals surface area contributed by atoms with Crippen molar-refractivity contribution in [1.29, 1.82) is 5.26 Å². The minimum Gasteiger partial charge on any atom is -0.478 e. The van der Waals surface area contributed by atoms with Crippen LogP contribution in [0.5, 0.6) is 11.5 Å². The molecule has 0 aromatic heterocycles. The van der Waals surface area contributed by atoms with E-state index in [9.17, 15) is 13.6 Å². The molecule has 0 bridgehead atoms. The van der Waals surface area contributed by atoms with E-state index in [0.29, 0.717) is 0 Å². The molecule has 0 fully saturated rings. The van der Waals surface area contributed by atoms with Crippen molar-refractivity contribution in [2.75, 3.05) is 5.73 Å². The van der Waals surface area contributed by atoms with Crippen molar-refractivity contribution in [3.63, 3.8) is 0 Å². The lowest BCUT2D eigenvalue weighted by atomic mass is 10.1. The van der Waals surface area contributed by atoms with Crippen molar-refractivity contribution in [3.8, 4) is 17.6 Å². The van der Waals surface area contributed by atoms with Crippen molar-refractivity contribution in [1.82, 2.24) is 0 Å². The van der Waals surface area contributed by atoms with Crippen molar-refractivity contribution < 1.29 is 23.4 Å². The molecule has 2 aromatic carbocycles. The maximum Gasteiger partial charge on any atom is 0.338 e. The molecule has 3 N–H and O–H groups in total. The van der Waals surface area contributed by atoms with Crippen LogP contribution < -0.4 is 10.5 Å². The number of nitrogens with two attached hydrogens (primary N) is 1. The fourth-order valence-corrected chi connectivity index (χ4v) is 1.64. The molecule has 5 nitrogen and oxygen atoms in total. The number of rotatable bonds is 3. The zero-order valence-corrected chi connectivity index (χ0v) is 10.4. The third kappa shape index (κ3) is 2.74. The normalized spacial score (nSPS) is 9.95. The standard InChI is InChI=1S/C14H8F2N2O3/c15-9-2-1-3-12(8(9)6-17)21-13-5-10(16)7(14(19)20)4-11(13)18/h1-5H,18H2,(H,19,20). The van der Waals surface area contributed by atoms with Crippen molar-refractivity contribution in [3.05, 3.63) is 53.1 Å². The Kier molecular flexibility index (Phi) is 3.71. The number of halogens is 2. The molecule has 0 heterocycles. The monoisotopic (exact) mass is 290 g/mol. The van der Waals surface area contributed by atoms with Crippen molar-refractivity contribution in [2.45, 2.75) is 0 Å². The largest absolute Gasteiger partial charge is 0.478 e. The lowest BCUT2D eigenvalue weighted by molar-refractivity contribution is 0.0692. The molecule has 0 spiro atoms. The summed E-state index contributed by atoms with van der Waals surface area (Å²) in [6.07, 6.45) is 0. The second kappa shape index (κ2) is 5.46. The van der Waals surface area contributed by atoms with E-state index in [1.807, 2.05) is 0 Å². The lowest BCUT2D eigenvalue weighted by Gasteiger charge is -2.11. The van der Waals surface area contributed by atoms with Gasteiger partial charge >= 0.3 is 5.97 Å². The minimum absolute atomic E-state index is 0.147. The number of carboxylic acids is 1. The summed E-state index contributed by atoms with van der Waals surface area (Å²) in [5, 5.41) is 17.6. The Morgan fingerprint density at radius 1 is 1.24 bits per heavy atom. The quantitative estimate of drug-likeness (QED) is 0.847. The van der Waals surface area contributed by atoms with Gasteiger partial charge in [0.25, 0.3) is 0 Å². The Balaban J connectivity index is 2.47. The molecule has 21 heavy (non-hydrogen) atoms. The first-order chi connectivity index (χ1) is 9.93. The summed E-state index contributed by atoms with van der Waals surface area (Å²) < 4.78 is 32.2. The number of carbonyl (C=O) groups is 1. The van der Waals surface area contributed by atoms with Crippen molar-refractivity contribution in [2.24, 2.45) is 0 Å². The molecular formula is C14H8F2N2O3. The number of hydrogen-bond donors (Lipinski definition) is 2. The lowest BCUT2D eigenvalue weighted by Crippen LogP contribution is -2.04. The maximum atomic E-state index is 13.6. The Bertz CT molecular complexity index is 770. The molecule has 2 aromatic rings. The molecule has 0 unspecified atom stereocenters. The first kappa shape index (κ1) is 14.3. The predicted octanol–water partition coefficient (Wildman–Crippen LogP) is 2.91. The summed E-state index contributed by atoms with van der Waals surface area (Å²) in [4.78, 5) is 10.8. The minimum atomic E-state index is -1.48. The maximum absolute atomic E-state index is 13.6. The fourth-order valence-electron chi connectivity index (χ4n) is 1.64. The number of carboxylic acid groups (broad SMARTS) is 1. The van der Waals surface area contributed by atoms with Crippen LogP contribution in [0.2, 0.25) is 0 Å². The van der Waals surface area contributed by atoms with E-state index in [4.69, 9.17) is 20.8 Å². The number of nitrogens with zero attached hydrogens (tertiary/aromatic N) is 1. The summed E-state index contributed by atoms with van der Waals surface area (Å²) in [6.45, 7) is 0. The van der Waals surface area contributed by atoms with E-state index >= 15 is 0 Å². The van der Waals surface area contributed by atoms with Gasteiger partial charge in [-0.2, -0.15) is 5.26 Å². The number of ether oxygens (including phenoxy) is 1. The van der Waals surface area contributed by atoms with Gasteiger partial charge in [-0.05, 0) is 18.2 Å². The molecule has 0 radical (unpaired) electrons. The van der Waals surface area contributed by atoms with Crippen molar-refractivity contribution >= 4 is 11.7 Å². The van der Waals surface area contributed by atoms with Gasteiger partial charge in [0.1, 0.15) is 29.0 Å². The van der Waals surface area contributed by atoms with Crippen LogP contribution in [0.4, 0.5) is 14.5 Å². The van der Waals surface area contributed by atoms with Crippen LogP contribution >= 0.6 is 0 Å². The van der Waals surface area contributed by atoms with Gasteiger partial charge in [-0.25, -0.2) is 13.6 Å². The third-order valence-corrected chi connectivity index (χ3v) is 2.64. The van der Waals surface area contributed by atoms with Gasteiger partial charge in [0.2, 0.25) is 0 Å². The smallest absolute Gasteiger partial charge is 0.338 e. The molecular weight excluding hydrogens is 282 g/mol. The fraction of sp³-hybridized carbons (Fsp3) is 0. The molecule has 0 atom stereocenters. The Morgan fingerprint density at radius 2 is 1.95 bits per heavy atom. The molecule has 106 valence electrons. The zero-order valence-electron chi connectivity index (χ0n) is 10.4. The van der Waals surface area contributed by atoms with Gasteiger partial charge in [0.15, 0.2) is 5.75 Å². The Labute approximate surface area is 117 Å². The summed E-state index contributed by atoms with van der Waals surface area (Å²) in [5.74, 6) is -3.68. The van der Waals surface area contributed by atoms with Crippen LogP contribution in [0.15, 0.2) is 30.3 Å². The molecule has 0 saturated carbocycles. The van der Waals surface area contributed by atoms with Gasteiger partial charge in [-0.15, -0.1) is 0 Å². The van der Waals surface area contributed by atoms with Crippen LogP contribution in [-0.2, 0) is 0 Å². The molecule has 0 aliphatic carbocycles. The van der Waals surface area contributed by atoms with Gasteiger partial charge in [-0.1, -0.05) is 6.07 Å². The van der Waals surface area contributed by atoms with E-state index in [1.54, 1.807) is 6.07 Å². The number of benzene rings is 2. The average Bonchev–Trinajstić information content (AvgIpc) is 2.42. The van der Waals surface area contributed by atoms with Gasteiger partial charge in [0, 0.05) is 6.07 Å². The number of nitrogen functional groups attached to an aromatic ring is 1. The number of anilines is 1. The van der Waals surface area contributed by atoms with Crippen LogP contribution in [0.3, 0.4) is 0 Å². The first-order valence-electron chi connectivity index (χ1n) is 5.62. The SMILES string of the molecule is N#Cc1c(F)cccc1Oc1cc(F)c(C(=O)O)cc1N. The van der Waals surface area contributed by atoms with Crippen LogP contribution in [0.25, 0.3) is 0 Å². The van der Waals surface area contributed by atoms with E-state index in [-0.39, 0.29) is 22.7 Å². The average molecular weight is 290 g/mol. The predicted molar refractivity (Wildman–Crippen MR) is 69.0 cm³/mol. The van der Waals surface area contributed by atoms with Crippen LogP contribution in [0, 0.1) is 23.0 Å². The Morgan fingerprint density at radius 3 is 2.57 bits per heavy atom. The summed E-state index contributed by atoms with van der Waals surface area (Å²) in [6, 6.07) is 6.97. The summed E-state index contributed by atoms with van der Waals surface area (Å²) in [5.41, 5.74) is 4.45. The number of aromatic carboxylic acids is 1. The first-order valence-corrected chi connectivity index (χ1v) is 5.62.